The smallest absolute Gasteiger partial charge is 0.319 e. The van der Waals surface area contributed by atoms with Crippen molar-refractivity contribution in [2.75, 3.05) is 0 Å². The topological polar surface area (TPSA) is 37.3 Å². The Kier molecular flexibility index (Phi) is 15.5. The molecule has 0 fully saturated rings. The average Bonchev–Trinajstić information content (AvgIpc) is 2.61. The lowest BCUT2D eigenvalue weighted by Gasteiger charge is -2.31. The molecule has 0 amide bonds. The summed E-state index contributed by atoms with van der Waals surface area (Å²) < 4.78 is -0.855. The largest absolute Gasteiger partial charge is 0.480 e. The molecule has 0 saturated heterocycles. The summed E-state index contributed by atoms with van der Waals surface area (Å²) in [5, 5.41) is 9.45. The zero-order valence-corrected chi connectivity index (χ0v) is 17.8. The Morgan fingerprint density at radius 1 is 0.920 bits per heavy atom. The maximum absolute atomic E-state index is 11.5. The Labute approximate surface area is 162 Å². The number of allylic oxidation sites excluding steroid dienone is 2. The lowest BCUT2D eigenvalue weighted by Crippen LogP contribution is -2.39. The molecule has 0 heterocycles. The van der Waals surface area contributed by atoms with Gasteiger partial charge in [0.15, 0.2) is 0 Å². The first-order valence-electron chi connectivity index (χ1n) is 10.6. The van der Waals surface area contributed by atoms with Crippen LogP contribution in [-0.2, 0) is 4.79 Å². The minimum Gasteiger partial charge on any atom is -0.480 e. The van der Waals surface area contributed by atoms with E-state index in [0.717, 1.165) is 25.7 Å². The molecule has 3 heteroatoms. The summed E-state index contributed by atoms with van der Waals surface area (Å²) in [5.74, 6) is -0.593. The summed E-state index contributed by atoms with van der Waals surface area (Å²) in [4.78, 5) is 11.5. The van der Waals surface area contributed by atoms with E-state index in [4.69, 9.17) is 0 Å². The van der Waals surface area contributed by atoms with Gasteiger partial charge in [0.2, 0.25) is 0 Å². The average molecular weight is 371 g/mol. The van der Waals surface area contributed by atoms with Crippen molar-refractivity contribution in [1.82, 2.24) is 0 Å². The monoisotopic (exact) mass is 370 g/mol. The fourth-order valence-corrected chi connectivity index (χ4v) is 3.81. The van der Waals surface area contributed by atoms with Crippen molar-refractivity contribution in [3.8, 4) is 0 Å². The molecule has 0 aromatic heterocycles. The van der Waals surface area contributed by atoms with Crippen LogP contribution >= 0.6 is 12.6 Å². The highest BCUT2D eigenvalue weighted by molar-refractivity contribution is 7.82. The number of thiol groups is 1. The molecular formula is C22H42O2S. The predicted molar refractivity (Wildman–Crippen MR) is 114 cm³/mol. The third kappa shape index (κ3) is 11.0. The van der Waals surface area contributed by atoms with Crippen molar-refractivity contribution < 1.29 is 9.90 Å². The van der Waals surface area contributed by atoms with E-state index in [2.05, 4.69) is 38.6 Å². The zero-order valence-electron chi connectivity index (χ0n) is 16.9. The van der Waals surface area contributed by atoms with Crippen LogP contribution in [0.25, 0.3) is 0 Å². The van der Waals surface area contributed by atoms with E-state index in [1.165, 1.54) is 57.8 Å². The quantitative estimate of drug-likeness (QED) is 0.159. The molecule has 0 aromatic rings. The molecule has 0 aliphatic rings. The van der Waals surface area contributed by atoms with Gasteiger partial charge in [0.1, 0.15) is 4.75 Å². The van der Waals surface area contributed by atoms with Gasteiger partial charge in [-0.1, -0.05) is 84.3 Å². The Bertz CT molecular complexity index is 354. The lowest BCUT2D eigenvalue weighted by molar-refractivity contribution is -0.141. The van der Waals surface area contributed by atoms with Crippen molar-refractivity contribution in [3.05, 3.63) is 12.2 Å². The molecule has 2 nitrogen and oxygen atoms in total. The molecule has 2 atom stereocenters. The number of carbonyl (C=O) groups is 1. The number of aliphatic carboxylic acids is 1. The second-order valence-electron chi connectivity index (χ2n) is 7.35. The van der Waals surface area contributed by atoms with E-state index in [1.807, 2.05) is 6.92 Å². The SMILES string of the molecule is CCCCCCCCC=CCCCCCC(CC)C(S)(CC)C(=O)O. The maximum Gasteiger partial charge on any atom is 0.319 e. The Morgan fingerprint density at radius 2 is 1.44 bits per heavy atom. The van der Waals surface area contributed by atoms with Crippen LogP contribution in [0.15, 0.2) is 12.2 Å². The van der Waals surface area contributed by atoms with Crippen molar-refractivity contribution in [2.45, 2.75) is 115 Å². The molecule has 0 aliphatic heterocycles. The van der Waals surface area contributed by atoms with E-state index >= 15 is 0 Å². The van der Waals surface area contributed by atoms with Gasteiger partial charge in [0.25, 0.3) is 0 Å². The van der Waals surface area contributed by atoms with Gasteiger partial charge >= 0.3 is 5.97 Å². The fourth-order valence-electron chi connectivity index (χ4n) is 3.50. The van der Waals surface area contributed by atoms with Gasteiger partial charge in [-0.25, -0.2) is 0 Å². The Balaban J connectivity index is 3.71. The van der Waals surface area contributed by atoms with Gasteiger partial charge in [-0.15, -0.1) is 0 Å². The number of carboxylic acids is 1. The summed E-state index contributed by atoms with van der Waals surface area (Å²) in [6.07, 6.45) is 21.2. The van der Waals surface area contributed by atoms with Crippen LogP contribution < -0.4 is 0 Å². The van der Waals surface area contributed by atoms with Crippen molar-refractivity contribution in [1.29, 1.82) is 0 Å². The van der Waals surface area contributed by atoms with Gasteiger partial charge in [-0.2, -0.15) is 12.6 Å². The van der Waals surface area contributed by atoms with Gasteiger partial charge < -0.3 is 5.11 Å². The summed E-state index contributed by atoms with van der Waals surface area (Å²) in [6.45, 7) is 6.27. The van der Waals surface area contributed by atoms with Crippen LogP contribution in [0.4, 0.5) is 0 Å². The third-order valence-electron chi connectivity index (χ3n) is 5.39. The van der Waals surface area contributed by atoms with Crippen molar-refractivity contribution in [2.24, 2.45) is 5.92 Å². The molecule has 2 unspecified atom stereocenters. The number of hydrogen-bond acceptors (Lipinski definition) is 2. The molecular weight excluding hydrogens is 328 g/mol. The van der Waals surface area contributed by atoms with Crippen molar-refractivity contribution in [3.63, 3.8) is 0 Å². The Morgan fingerprint density at radius 3 is 1.92 bits per heavy atom. The molecule has 0 radical (unpaired) electrons. The molecule has 0 aliphatic carbocycles. The van der Waals surface area contributed by atoms with E-state index in [0.29, 0.717) is 6.42 Å². The number of hydrogen-bond donors (Lipinski definition) is 2. The molecule has 148 valence electrons. The second-order valence-corrected chi connectivity index (χ2v) is 8.15. The molecule has 0 saturated carbocycles. The van der Waals surface area contributed by atoms with Gasteiger partial charge in [-0.3, -0.25) is 4.79 Å². The molecule has 0 spiro atoms. The van der Waals surface area contributed by atoms with Crippen LogP contribution in [-0.4, -0.2) is 15.8 Å². The number of rotatable bonds is 17. The van der Waals surface area contributed by atoms with Crippen LogP contribution in [0.3, 0.4) is 0 Å². The maximum atomic E-state index is 11.5. The third-order valence-corrected chi connectivity index (χ3v) is 6.26. The highest BCUT2D eigenvalue weighted by Crippen LogP contribution is 2.35. The van der Waals surface area contributed by atoms with Crippen molar-refractivity contribution >= 4 is 18.6 Å². The molecule has 0 bridgehead atoms. The molecule has 0 aromatic carbocycles. The minimum absolute atomic E-state index is 0.168. The summed E-state index contributed by atoms with van der Waals surface area (Å²) >= 11 is 4.50. The van der Waals surface area contributed by atoms with Gasteiger partial charge in [0, 0.05) is 0 Å². The first-order valence-corrected chi connectivity index (χ1v) is 11.1. The van der Waals surface area contributed by atoms with Gasteiger partial charge in [0.05, 0.1) is 0 Å². The molecule has 1 N–H and O–H groups in total. The second kappa shape index (κ2) is 15.8. The lowest BCUT2D eigenvalue weighted by atomic mass is 9.83. The van der Waals surface area contributed by atoms with Crippen LogP contribution in [0.2, 0.25) is 0 Å². The highest BCUT2D eigenvalue weighted by Gasteiger charge is 2.39. The summed E-state index contributed by atoms with van der Waals surface area (Å²) in [5.41, 5.74) is 0. The first-order chi connectivity index (χ1) is 12.0. The van der Waals surface area contributed by atoms with E-state index in [-0.39, 0.29) is 5.92 Å². The van der Waals surface area contributed by atoms with Crippen LogP contribution in [0, 0.1) is 5.92 Å². The number of carboxylic acid groups (broad SMARTS) is 1. The molecule has 0 rings (SSSR count). The summed E-state index contributed by atoms with van der Waals surface area (Å²) in [7, 11) is 0. The minimum atomic E-state index is -0.855. The van der Waals surface area contributed by atoms with E-state index in [9.17, 15) is 9.90 Å². The zero-order chi connectivity index (χ0) is 19.0. The van der Waals surface area contributed by atoms with E-state index in [1.54, 1.807) is 0 Å². The van der Waals surface area contributed by atoms with E-state index < -0.39 is 10.7 Å². The first kappa shape index (κ1) is 24.6. The molecule has 25 heavy (non-hydrogen) atoms. The Hall–Kier alpha value is -0.440. The number of unbranched alkanes of at least 4 members (excludes halogenated alkanes) is 9. The standard InChI is InChI=1S/C22H42O2S/c1-4-7-8-9-10-11-12-13-14-15-16-17-18-19-20(5-2)22(25,6-3)21(23)24/h13-14,20,25H,4-12,15-19H2,1-3H3,(H,23,24). The van der Waals surface area contributed by atoms with Gasteiger partial charge in [-0.05, 0) is 44.4 Å². The normalized spacial score (nSPS) is 15.4. The van der Waals surface area contributed by atoms with Crippen LogP contribution in [0.1, 0.15) is 111 Å². The summed E-state index contributed by atoms with van der Waals surface area (Å²) in [6, 6.07) is 0. The predicted octanol–water partition coefficient (Wildman–Crippen LogP) is 7.43. The van der Waals surface area contributed by atoms with Crippen LogP contribution in [0.5, 0.6) is 0 Å². The highest BCUT2D eigenvalue weighted by atomic mass is 32.1. The fraction of sp³-hybridized carbons (Fsp3) is 0.864.